The van der Waals surface area contributed by atoms with Crippen LogP contribution in [0.4, 0.5) is 0 Å². The third-order valence-electron chi connectivity index (χ3n) is 4.78. The van der Waals surface area contributed by atoms with Crippen LogP contribution < -0.4 is 5.32 Å². The molecule has 1 aliphatic heterocycles. The van der Waals surface area contributed by atoms with E-state index in [4.69, 9.17) is 0 Å². The Morgan fingerprint density at radius 3 is 2.65 bits per heavy atom. The Labute approximate surface area is 157 Å². The second-order valence-corrected chi connectivity index (χ2v) is 7.63. The van der Waals surface area contributed by atoms with Crippen LogP contribution in [0.15, 0.2) is 59.5 Å². The van der Waals surface area contributed by atoms with Crippen LogP contribution in [0.5, 0.6) is 0 Å². The fourth-order valence-corrected chi connectivity index (χ4v) is 4.64. The summed E-state index contributed by atoms with van der Waals surface area (Å²) in [4.78, 5) is 14.3. The minimum Gasteiger partial charge on any atom is -0.345 e. The number of benzene rings is 2. The Bertz CT molecular complexity index is 949. The van der Waals surface area contributed by atoms with Gasteiger partial charge in [0.2, 0.25) is 0 Å². The highest BCUT2D eigenvalue weighted by molar-refractivity contribution is 7.99. The first-order chi connectivity index (χ1) is 12.6. The first-order valence-electron chi connectivity index (χ1n) is 8.79. The SMILES string of the molecule is Cc1nn(-c2ccccc2)c(C)c1C(=O)NC1CCSc2ccccc21. The Morgan fingerprint density at radius 1 is 1.12 bits per heavy atom. The van der Waals surface area contributed by atoms with Crippen molar-refractivity contribution in [2.24, 2.45) is 0 Å². The fraction of sp³-hybridized carbons (Fsp3) is 0.238. The van der Waals surface area contributed by atoms with E-state index in [0.717, 1.165) is 29.2 Å². The van der Waals surface area contributed by atoms with Gasteiger partial charge < -0.3 is 5.32 Å². The predicted molar refractivity (Wildman–Crippen MR) is 105 cm³/mol. The van der Waals surface area contributed by atoms with Crippen LogP contribution >= 0.6 is 11.8 Å². The number of aryl methyl sites for hydroxylation is 1. The molecule has 132 valence electrons. The minimum absolute atomic E-state index is 0.0473. The van der Waals surface area contributed by atoms with Crippen molar-refractivity contribution in [3.63, 3.8) is 0 Å². The van der Waals surface area contributed by atoms with Crippen LogP contribution in [-0.4, -0.2) is 21.4 Å². The molecule has 2 heterocycles. The number of hydrogen-bond acceptors (Lipinski definition) is 3. The lowest BCUT2D eigenvalue weighted by Gasteiger charge is -2.26. The van der Waals surface area contributed by atoms with E-state index < -0.39 is 0 Å². The number of nitrogens with zero attached hydrogens (tertiary/aromatic N) is 2. The lowest BCUT2D eigenvalue weighted by molar-refractivity contribution is 0.0933. The van der Waals surface area contributed by atoms with E-state index in [1.165, 1.54) is 10.5 Å². The van der Waals surface area contributed by atoms with Gasteiger partial charge in [0.15, 0.2) is 0 Å². The van der Waals surface area contributed by atoms with Crippen molar-refractivity contribution in [2.75, 3.05) is 5.75 Å². The van der Waals surface area contributed by atoms with Gasteiger partial charge >= 0.3 is 0 Å². The highest BCUT2D eigenvalue weighted by Crippen LogP contribution is 2.36. The molecule has 0 saturated carbocycles. The largest absolute Gasteiger partial charge is 0.345 e. The summed E-state index contributed by atoms with van der Waals surface area (Å²) in [6.45, 7) is 3.85. The molecular formula is C21H21N3OS. The Morgan fingerprint density at radius 2 is 1.85 bits per heavy atom. The fourth-order valence-electron chi connectivity index (χ4n) is 3.51. The van der Waals surface area contributed by atoms with Gasteiger partial charge in [-0.15, -0.1) is 11.8 Å². The second kappa shape index (κ2) is 7.00. The van der Waals surface area contributed by atoms with Gasteiger partial charge in [-0.3, -0.25) is 4.79 Å². The molecule has 0 aliphatic carbocycles. The van der Waals surface area contributed by atoms with Gasteiger partial charge in [-0.2, -0.15) is 5.10 Å². The molecule has 26 heavy (non-hydrogen) atoms. The van der Waals surface area contributed by atoms with Crippen molar-refractivity contribution >= 4 is 17.7 Å². The molecule has 2 aromatic carbocycles. The monoisotopic (exact) mass is 363 g/mol. The average Bonchev–Trinajstić information content (AvgIpc) is 2.97. The molecule has 0 spiro atoms. The Balaban J connectivity index is 1.63. The van der Waals surface area contributed by atoms with Crippen molar-refractivity contribution in [3.8, 4) is 5.69 Å². The van der Waals surface area contributed by atoms with Crippen molar-refractivity contribution in [1.82, 2.24) is 15.1 Å². The molecule has 0 radical (unpaired) electrons. The van der Waals surface area contributed by atoms with Crippen LogP contribution in [0.2, 0.25) is 0 Å². The third-order valence-corrected chi connectivity index (χ3v) is 5.91. The van der Waals surface area contributed by atoms with Crippen molar-refractivity contribution in [1.29, 1.82) is 0 Å². The van der Waals surface area contributed by atoms with Gasteiger partial charge in [0.25, 0.3) is 5.91 Å². The average molecular weight is 363 g/mol. The normalized spacial score (nSPS) is 16.2. The standard InChI is InChI=1S/C21H21N3OS/c1-14-20(15(2)24(23-14)16-8-4-3-5-9-16)21(25)22-18-12-13-26-19-11-7-6-10-17(18)19/h3-11,18H,12-13H2,1-2H3,(H,22,25). The van der Waals surface area contributed by atoms with Crippen LogP contribution in [0.3, 0.4) is 0 Å². The second-order valence-electron chi connectivity index (χ2n) is 6.49. The molecule has 4 nitrogen and oxygen atoms in total. The number of nitrogens with one attached hydrogen (secondary N) is 1. The zero-order chi connectivity index (χ0) is 18.1. The van der Waals surface area contributed by atoms with Gasteiger partial charge in [-0.1, -0.05) is 36.4 Å². The van der Waals surface area contributed by atoms with Gasteiger partial charge in [-0.25, -0.2) is 4.68 Å². The Kier molecular flexibility index (Phi) is 4.55. The number of amides is 1. The molecule has 0 bridgehead atoms. The summed E-state index contributed by atoms with van der Waals surface area (Å²) in [5.41, 5.74) is 4.46. The van der Waals surface area contributed by atoms with E-state index in [2.05, 4.69) is 22.5 Å². The van der Waals surface area contributed by atoms with Crippen LogP contribution in [0.25, 0.3) is 5.69 Å². The van der Waals surface area contributed by atoms with Crippen molar-refractivity contribution in [2.45, 2.75) is 31.2 Å². The number of carbonyl (C=O) groups is 1. The molecule has 1 atom stereocenters. The maximum Gasteiger partial charge on any atom is 0.255 e. The van der Waals surface area contributed by atoms with E-state index in [1.54, 1.807) is 0 Å². The molecule has 1 aromatic heterocycles. The number of para-hydroxylation sites is 1. The summed E-state index contributed by atoms with van der Waals surface area (Å²) in [6, 6.07) is 18.3. The molecule has 1 N–H and O–H groups in total. The topological polar surface area (TPSA) is 46.9 Å². The zero-order valence-corrected chi connectivity index (χ0v) is 15.7. The number of carbonyl (C=O) groups excluding carboxylic acids is 1. The number of rotatable bonds is 3. The number of hydrogen-bond donors (Lipinski definition) is 1. The Hall–Kier alpha value is -2.53. The molecule has 1 aliphatic rings. The first kappa shape index (κ1) is 16.9. The van der Waals surface area contributed by atoms with Crippen LogP contribution in [0, 0.1) is 13.8 Å². The summed E-state index contributed by atoms with van der Waals surface area (Å²) < 4.78 is 1.84. The molecule has 0 fully saturated rings. The summed E-state index contributed by atoms with van der Waals surface area (Å²) in [5, 5.41) is 7.82. The van der Waals surface area contributed by atoms with Crippen molar-refractivity contribution in [3.05, 3.63) is 77.1 Å². The van der Waals surface area contributed by atoms with E-state index in [1.807, 2.05) is 72.8 Å². The van der Waals surface area contributed by atoms with Gasteiger partial charge in [0.1, 0.15) is 0 Å². The maximum absolute atomic E-state index is 13.0. The smallest absolute Gasteiger partial charge is 0.255 e. The van der Waals surface area contributed by atoms with E-state index in [0.29, 0.717) is 5.56 Å². The van der Waals surface area contributed by atoms with E-state index in [-0.39, 0.29) is 11.9 Å². The van der Waals surface area contributed by atoms with Gasteiger partial charge in [0, 0.05) is 10.6 Å². The van der Waals surface area contributed by atoms with Gasteiger partial charge in [0.05, 0.1) is 28.7 Å². The molecule has 3 aromatic rings. The van der Waals surface area contributed by atoms with E-state index in [9.17, 15) is 4.79 Å². The quantitative estimate of drug-likeness (QED) is 0.747. The molecule has 5 heteroatoms. The van der Waals surface area contributed by atoms with Crippen LogP contribution in [0.1, 0.15) is 39.8 Å². The number of aromatic nitrogens is 2. The number of fused-ring (bicyclic) bond motifs is 1. The highest BCUT2D eigenvalue weighted by atomic mass is 32.2. The zero-order valence-electron chi connectivity index (χ0n) is 14.9. The van der Waals surface area contributed by atoms with Crippen molar-refractivity contribution < 1.29 is 4.79 Å². The lowest BCUT2D eigenvalue weighted by atomic mass is 10.0. The predicted octanol–water partition coefficient (Wildman–Crippen LogP) is 4.46. The van der Waals surface area contributed by atoms with Crippen LogP contribution in [-0.2, 0) is 0 Å². The van der Waals surface area contributed by atoms with Gasteiger partial charge in [-0.05, 0) is 44.0 Å². The first-order valence-corrected chi connectivity index (χ1v) is 9.78. The summed E-state index contributed by atoms with van der Waals surface area (Å²) >= 11 is 1.86. The lowest BCUT2D eigenvalue weighted by Crippen LogP contribution is -2.31. The summed E-state index contributed by atoms with van der Waals surface area (Å²) in [7, 11) is 0. The highest BCUT2D eigenvalue weighted by Gasteiger charge is 2.25. The minimum atomic E-state index is -0.0473. The molecule has 0 saturated heterocycles. The maximum atomic E-state index is 13.0. The third kappa shape index (κ3) is 3.03. The molecule has 1 unspecified atom stereocenters. The number of thioether (sulfide) groups is 1. The molecule has 1 amide bonds. The summed E-state index contributed by atoms with van der Waals surface area (Å²) in [6.07, 6.45) is 0.943. The summed E-state index contributed by atoms with van der Waals surface area (Å²) in [5.74, 6) is 0.970. The van der Waals surface area contributed by atoms with E-state index >= 15 is 0 Å². The molecular weight excluding hydrogens is 342 g/mol. The molecule has 4 rings (SSSR count).